The third-order valence-corrected chi connectivity index (χ3v) is 4.89. The Morgan fingerprint density at radius 1 is 1.38 bits per heavy atom. The molecule has 0 saturated heterocycles. The summed E-state index contributed by atoms with van der Waals surface area (Å²) in [6, 6.07) is 10.2. The molecule has 0 aromatic heterocycles. The molecule has 0 aliphatic heterocycles. The van der Waals surface area contributed by atoms with E-state index in [-0.39, 0.29) is 5.60 Å². The Labute approximate surface area is 128 Å². The third kappa shape index (κ3) is 2.97. The molecule has 3 unspecified atom stereocenters. The van der Waals surface area contributed by atoms with Crippen molar-refractivity contribution < 1.29 is 4.74 Å². The fourth-order valence-electron chi connectivity index (χ4n) is 4.01. The highest BCUT2D eigenvalue weighted by atomic mass is 16.5. The molecule has 1 saturated carbocycles. The van der Waals surface area contributed by atoms with Gasteiger partial charge in [0, 0.05) is 19.6 Å². The summed E-state index contributed by atoms with van der Waals surface area (Å²) in [5.41, 5.74) is 1.59. The van der Waals surface area contributed by atoms with Gasteiger partial charge in [0.15, 0.2) is 0 Å². The van der Waals surface area contributed by atoms with Crippen molar-refractivity contribution in [2.24, 2.45) is 11.8 Å². The van der Waals surface area contributed by atoms with E-state index in [1.807, 2.05) is 25.3 Å². The Hall–Kier alpha value is -1.37. The van der Waals surface area contributed by atoms with Crippen LogP contribution >= 0.6 is 0 Å². The second-order valence-electron chi connectivity index (χ2n) is 6.48. The van der Waals surface area contributed by atoms with Crippen LogP contribution in [0.4, 0.5) is 0 Å². The zero-order valence-electron chi connectivity index (χ0n) is 13.6. The summed E-state index contributed by atoms with van der Waals surface area (Å²) >= 11 is 0. The van der Waals surface area contributed by atoms with E-state index in [4.69, 9.17) is 4.74 Å². The first kappa shape index (κ1) is 16.0. The molecule has 1 aromatic carbocycles. The second kappa shape index (κ2) is 6.60. The van der Waals surface area contributed by atoms with Gasteiger partial charge in [-0.1, -0.05) is 25.5 Å². The Balaban J connectivity index is 2.49. The average molecular weight is 286 g/mol. The van der Waals surface area contributed by atoms with Gasteiger partial charge in [0.2, 0.25) is 0 Å². The van der Waals surface area contributed by atoms with E-state index in [2.05, 4.69) is 38.1 Å². The normalized spacial score (nSPS) is 29.3. The molecule has 0 spiro atoms. The van der Waals surface area contributed by atoms with Crippen molar-refractivity contribution in [3.8, 4) is 6.07 Å². The zero-order valence-corrected chi connectivity index (χ0v) is 13.6. The van der Waals surface area contributed by atoms with Crippen molar-refractivity contribution >= 4 is 0 Å². The average Bonchev–Trinajstić information content (AvgIpc) is 2.47. The molecular formula is C18H26N2O. The Morgan fingerprint density at radius 2 is 2.14 bits per heavy atom. The van der Waals surface area contributed by atoms with Crippen LogP contribution in [0.25, 0.3) is 0 Å². The zero-order chi connectivity index (χ0) is 15.5. The van der Waals surface area contributed by atoms with Gasteiger partial charge in [0.25, 0.3) is 0 Å². The van der Waals surface area contributed by atoms with Crippen molar-refractivity contribution in [3.63, 3.8) is 0 Å². The molecular weight excluding hydrogens is 260 g/mol. The molecule has 1 fully saturated rings. The lowest BCUT2D eigenvalue weighted by Crippen LogP contribution is -2.49. The summed E-state index contributed by atoms with van der Waals surface area (Å²) in [5.74, 6) is 0.908. The quantitative estimate of drug-likeness (QED) is 0.851. The van der Waals surface area contributed by atoms with Crippen molar-refractivity contribution in [3.05, 3.63) is 35.4 Å². The van der Waals surface area contributed by atoms with Crippen LogP contribution in [0.15, 0.2) is 24.3 Å². The number of rotatable bonds is 4. The number of hydrogen-bond donors (Lipinski definition) is 0. The molecule has 1 aliphatic rings. The third-order valence-electron chi connectivity index (χ3n) is 4.89. The van der Waals surface area contributed by atoms with Gasteiger partial charge < -0.3 is 9.64 Å². The Kier molecular flexibility index (Phi) is 5.03. The van der Waals surface area contributed by atoms with E-state index < -0.39 is 0 Å². The summed E-state index contributed by atoms with van der Waals surface area (Å²) in [7, 11) is 6.06. The van der Waals surface area contributed by atoms with Crippen LogP contribution in [-0.4, -0.2) is 32.6 Å². The van der Waals surface area contributed by atoms with Crippen molar-refractivity contribution in [1.82, 2.24) is 4.90 Å². The minimum absolute atomic E-state index is 0.282. The molecule has 3 atom stereocenters. The van der Waals surface area contributed by atoms with Crippen LogP contribution in [0.2, 0.25) is 0 Å². The fraction of sp³-hybridized carbons (Fsp3) is 0.611. The van der Waals surface area contributed by atoms with Crippen LogP contribution in [0.3, 0.4) is 0 Å². The number of nitrogens with zero attached hydrogens (tertiary/aromatic N) is 2. The molecule has 3 heteroatoms. The molecule has 0 radical (unpaired) electrons. The SMILES string of the molecule is COC1(c2cccc(C#N)c2)C(C)CCCC1CN(C)C. The van der Waals surface area contributed by atoms with Gasteiger partial charge in [-0.15, -0.1) is 0 Å². The largest absolute Gasteiger partial charge is 0.373 e. The van der Waals surface area contributed by atoms with Crippen LogP contribution in [-0.2, 0) is 10.3 Å². The highest BCUT2D eigenvalue weighted by molar-refractivity contribution is 5.37. The number of hydrogen-bond acceptors (Lipinski definition) is 3. The van der Waals surface area contributed by atoms with E-state index >= 15 is 0 Å². The topological polar surface area (TPSA) is 36.3 Å². The predicted molar refractivity (Wildman–Crippen MR) is 84.9 cm³/mol. The lowest BCUT2D eigenvalue weighted by molar-refractivity contribution is -0.130. The lowest BCUT2D eigenvalue weighted by atomic mass is 9.65. The van der Waals surface area contributed by atoms with Crippen LogP contribution < -0.4 is 0 Å². The first-order valence-electron chi connectivity index (χ1n) is 7.75. The number of ether oxygens (including phenoxy) is 1. The van der Waals surface area contributed by atoms with Gasteiger partial charge >= 0.3 is 0 Å². The molecule has 114 valence electrons. The van der Waals surface area contributed by atoms with E-state index in [9.17, 15) is 5.26 Å². The number of nitriles is 1. The fourth-order valence-corrected chi connectivity index (χ4v) is 4.01. The van der Waals surface area contributed by atoms with Crippen LogP contribution in [0, 0.1) is 23.2 Å². The Bertz CT molecular complexity index is 520. The van der Waals surface area contributed by atoms with Gasteiger partial charge in [0.05, 0.1) is 17.2 Å². The molecule has 0 bridgehead atoms. The molecule has 2 rings (SSSR count). The van der Waals surface area contributed by atoms with Gasteiger partial charge in [-0.3, -0.25) is 0 Å². The molecule has 0 N–H and O–H groups in total. The van der Waals surface area contributed by atoms with Gasteiger partial charge in [-0.2, -0.15) is 5.26 Å². The first-order valence-corrected chi connectivity index (χ1v) is 7.75. The Morgan fingerprint density at radius 3 is 2.76 bits per heavy atom. The smallest absolute Gasteiger partial charge is 0.0993 e. The highest BCUT2D eigenvalue weighted by Gasteiger charge is 2.47. The second-order valence-corrected chi connectivity index (χ2v) is 6.48. The van der Waals surface area contributed by atoms with Gasteiger partial charge in [0.1, 0.15) is 0 Å². The van der Waals surface area contributed by atoms with Crippen LogP contribution in [0.5, 0.6) is 0 Å². The molecule has 0 amide bonds. The standard InChI is InChI=1S/C18H26N2O/c1-14-7-5-10-17(13-20(2)3)18(14,21-4)16-9-6-8-15(11-16)12-19/h6,8-9,11,14,17H,5,7,10,13H2,1-4H3. The molecule has 1 aromatic rings. The van der Waals surface area contributed by atoms with Crippen molar-refractivity contribution in [1.29, 1.82) is 5.26 Å². The van der Waals surface area contributed by atoms with Crippen molar-refractivity contribution in [2.45, 2.75) is 31.8 Å². The van der Waals surface area contributed by atoms with E-state index in [1.54, 1.807) is 0 Å². The maximum Gasteiger partial charge on any atom is 0.0993 e. The monoisotopic (exact) mass is 286 g/mol. The van der Waals surface area contributed by atoms with Gasteiger partial charge in [-0.05, 0) is 50.6 Å². The highest BCUT2D eigenvalue weighted by Crippen LogP contribution is 2.48. The van der Waals surface area contributed by atoms with Gasteiger partial charge in [-0.25, -0.2) is 0 Å². The van der Waals surface area contributed by atoms with Crippen molar-refractivity contribution in [2.75, 3.05) is 27.7 Å². The molecule has 1 aliphatic carbocycles. The summed E-state index contributed by atoms with van der Waals surface area (Å²) in [6.45, 7) is 3.29. The number of methoxy groups -OCH3 is 1. The molecule has 0 heterocycles. The minimum Gasteiger partial charge on any atom is -0.373 e. The summed E-state index contributed by atoms with van der Waals surface area (Å²) in [6.07, 6.45) is 3.60. The lowest BCUT2D eigenvalue weighted by Gasteiger charge is -2.49. The van der Waals surface area contributed by atoms with E-state index in [0.717, 1.165) is 12.1 Å². The maximum absolute atomic E-state index is 9.20. The first-order chi connectivity index (χ1) is 10.0. The molecule has 21 heavy (non-hydrogen) atoms. The summed E-state index contributed by atoms with van der Waals surface area (Å²) < 4.78 is 6.15. The van der Waals surface area contributed by atoms with Crippen LogP contribution in [0.1, 0.15) is 37.3 Å². The van der Waals surface area contributed by atoms with E-state index in [1.165, 1.54) is 19.3 Å². The molecule has 3 nitrogen and oxygen atoms in total. The summed E-state index contributed by atoms with van der Waals surface area (Å²) in [5, 5.41) is 9.20. The minimum atomic E-state index is -0.282. The number of benzene rings is 1. The summed E-state index contributed by atoms with van der Waals surface area (Å²) in [4.78, 5) is 2.24. The maximum atomic E-state index is 9.20. The predicted octanol–water partition coefficient (Wildman–Crippen LogP) is 3.40. The van der Waals surface area contributed by atoms with E-state index in [0.29, 0.717) is 17.4 Å².